The van der Waals surface area contributed by atoms with E-state index >= 15 is 0 Å². The average molecular weight is 741 g/mol. The Balaban J connectivity index is 0.00000560. The summed E-state index contributed by atoms with van der Waals surface area (Å²) in [6.07, 6.45) is 2.84. The first-order valence-corrected chi connectivity index (χ1v) is 14.4. The zero-order valence-electron chi connectivity index (χ0n) is 26.9. The molecule has 0 fully saturated rings. The molecule has 0 atom stereocenters. The zero-order valence-corrected chi connectivity index (χ0v) is 31.1. The molecular weight excluding hydrogens is 693 g/mol. The third-order valence-electron chi connectivity index (χ3n) is 7.24. The van der Waals surface area contributed by atoms with E-state index in [9.17, 15) is 0 Å². The summed E-state index contributed by atoms with van der Waals surface area (Å²) in [7, 11) is 0. The summed E-state index contributed by atoms with van der Waals surface area (Å²) in [6.45, 7) is 26.0. The molecule has 0 aliphatic rings. The van der Waals surface area contributed by atoms with Gasteiger partial charge in [-0.05, 0) is 83.9 Å². The summed E-state index contributed by atoms with van der Waals surface area (Å²) in [6, 6.07) is 17.3. The number of para-hydroxylation sites is 1. The minimum absolute atomic E-state index is 0. The number of aliphatic imine (C=N–C) groups is 2. The number of hydrogen-bond donors (Lipinski definition) is 0. The van der Waals surface area contributed by atoms with Gasteiger partial charge in [-0.15, -0.1) is 6.58 Å². The van der Waals surface area contributed by atoms with Crippen LogP contribution in [-0.4, -0.2) is 16.4 Å². The molecule has 2 aromatic carbocycles. The Morgan fingerprint density at radius 1 is 0.667 bits per heavy atom. The average Bonchev–Trinajstić information content (AvgIpc) is 2.88. The molecule has 0 aliphatic carbocycles. The van der Waals surface area contributed by atoms with Crippen molar-refractivity contribution in [3.8, 4) is 0 Å². The normalized spacial score (nSPS) is 11.9. The Labute approximate surface area is 286 Å². The molecule has 3 aromatic rings. The standard InChI is InChI=1S/C36H47N3.2BrH.Co/c1-12-15-28-20-31(24(6)7)36(32(21-28)25(8)9)38-27(11)34-19-14-18-33(39-34)26(10)37-35-29(22(2)3)16-13-17-30(35)23(4)5;;;/h12-14,16-25H,1,15H2,2-11H3;2*1H;/q;;;+2/p-2/b37-26+,38-27-;;;. The second kappa shape index (κ2) is 18.1. The zero-order chi connectivity index (χ0) is 28.9. The van der Waals surface area contributed by atoms with Crippen LogP contribution in [0.2, 0.25) is 0 Å². The van der Waals surface area contributed by atoms with E-state index in [1.165, 1.54) is 27.8 Å². The van der Waals surface area contributed by atoms with Crippen molar-refractivity contribution < 1.29 is 50.7 Å². The van der Waals surface area contributed by atoms with Crippen LogP contribution in [0.3, 0.4) is 0 Å². The second-order valence-electron chi connectivity index (χ2n) is 11.8. The Kier molecular flexibility index (Phi) is 17.3. The molecule has 0 unspecified atom stereocenters. The summed E-state index contributed by atoms with van der Waals surface area (Å²) < 4.78 is 0. The number of aromatic nitrogens is 1. The number of rotatable bonds is 10. The molecule has 0 amide bonds. The van der Waals surface area contributed by atoms with Gasteiger partial charge in [0.15, 0.2) is 0 Å². The maximum absolute atomic E-state index is 5.22. The van der Waals surface area contributed by atoms with Crippen LogP contribution in [0.5, 0.6) is 0 Å². The number of halogens is 2. The topological polar surface area (TPSA) is 37.6 Å². The molecular formula is C36H47Br2CoN3. The monoisotopic (exact) mass is 738 g/mol. The minimum atomic E-state index is 0. The molecule has 6 heteroatoms. The van der Waals surface area contributed by atoms with Crippen LogP contribution < -0.4 is 34.0 Å². The predicted octanol–water partition coefficient (Wildman–Crippen LogP) is 4.59. The van der Waals surface area contributed by atoms with Crippen LogP contribution in [0.4, 0.5) is 11.4 Å². The molecule has 1 radical (unpaired) electrons. The van der Waals surface area contributed by atoms with Crippen molar-refractivity contribution in [2.45, 2.75) is 99.3 Å². The summed E-state index contributed by atoms with van der Waals surface area (Å²) in [5, 5.41) is 0. The van der Waals surface area contributed by atoms with E-state index in [1.54, 1.807) is 0 Å². The predicted molar refractivity (Wildman–Crippen MR) is 171 cm³/mol. The van der Waals surface area contributed by atoms with Crippen molar-refractivity contribution in [3.05, 3.63) is 100 Å². The number of nitrogens with zero attached hydrogens (tertiary/aromatic N) is 3. The van der Waals surface area contributed by atoms with Crippen LogP contribution in [0.1, 0.15) is 132 Å². The largest absolute Gasteiger partial charge is 2.00 e. The minimum Gasteiger partial charge on any atom is -1.00 e. The smallest absolute Gasteiger partial charge is 1.00 e. The fraction of sp³-hybridized carbons (Fsp3) is 0.417. The van der Waals surface area contributed by atoms with Gasteiger partial charge >= 0.3 is 16.8 Å². The molecule has 0 aliphatic heterocycles. The summed E-state index contributed by atoms with van der Waals surface area (Å²) in [4.78, 5) is 15.4. The first-order valence-electron chi connectivity index (χ1n) is 14.4. The van der Waals surface area contributed by atoms with Gasteiger partial charge in [-0.3, -0.25) is 9.98 Å². The first kappa shape index (κ1) is 40.1. The van der Waals surface area contributed by atoms with Gasteiger partial charge in [0, 0.05) is 0 Å². The Morgan fingerprint density at radius 3 is 1.38 bits per heavy atom. The molecule has 229 valence electrons. The molecule has 0 saturated carbocycles. The van der Waals surface area contributed by atoms with Crippen molar-refractivity contribution in [3.63, 3.8) is 0 Å². The van der Waals surface area contributed by atoms with E-state index in [4.69, 9.17) is 15.0 Å². The number of hydrogen-bond acceptors (Lipinski definition) is 3. The van der Waals surface area contributed by atoms with Gasteiger partial charge in [0.2, 0.25) is 0 Å². The van der Waals surface area contributed by atoms with E-state index in [2.05, 4.69) is 112 Å². The maximum Gasteiger partial charge on any atom is 2.00 e. The maximum atomic E-state index is 5.22. The second-order valence-corrected chi connectivity index (χ2v) is 11.8. The van der Waals surface area contributed by atoms with E-state index < -0.39 is 0 Å². The molecule has 3 rings (SSSR count). The van der Waals surface area contributed by atoms with E-state index in [0.717, 1.165) is 40.6 Å². The van der Waals surface area contributed by atoms with Crippen molar-refractivity contribution >= 4 is 22.8 Å². The van der Waals surface area contributed by atoms with Crippen molar-refractivity contribution in [1.82, 2.24) is 4.98 Å². The summed E-state index contributed by atoms with van der Waals surface area (Å²) in [5.74, 6) is 1.52. The van der Waals surface area contributed by atoms with Crippen molar-refractivity contribution in [1.29, 1.82) is 0 Å². The molecule has 1 heterocycles. The van der Waals surface area contributed by atoms with E-state index in [-0.39, 0.29) is 50.7 Å². The molecule has 0 spiro atoms. The van der Waals surface area contributed by atoms with Crippen LogP contribution in [0.15, 0.2) is 71.2 Å². The fourth-order valence-corrected chi connectivity index (χ4v) is 4.97. The van der Waals surface area contributed by atoms with Gasteiger partial charge in [-0.2, -0.15) is 0 Å². The third-order valence-corrected chi connectivity index (χ3v) is 7.24. The van der Waals surface area contributed by atoms with Gasteiger partial charge in [-0.1, -0.05) is 97.9 Å². The van der Waals surface area contributed by atoms with Crippen molar-refractivity contribution in [2.24, 2.45) is 9.98 Å². The van der Waals surface area contributed by atoms with Crippen LogP contribution in [0, 0.1) is 0 Å². The van der Waals surface area contributed by atoms with E-state index in [1.807, 2.05) is 18.2 Å². The van der Waals surface area contributed by atoms with Gasteiger partial charge < -0.3 is 34.0 Å². The van der Waals surface area contributed by atoms with Crippen LogP contribution >= 0.6 is 0 Å². The van der Waals surface area contributed by atoms with Gasteiger partial charge in [0.1, 0.15) is 0 Å². The molecule has 0 bridgehead atoms. The Hall–Kier alpha value is -1.86. The molecule has 0 saturated heterocycles. The van der Waals surface area contributed by atoms with Gasteiger partial charge in [0.05, 0.1) is 34.2 Å². The van der Waals surface area contributed by atoms with Gasteiger partial charge in [-0.25, -0.2) is 4.98 Å². The fourth-order valence-electron chi connectivity index (χ4n) is 4.97. The van der Waals surface area contributed by atoms with E-state index in [0.29, 0.717) is 23.7 Å². The third kappa shape index (κ3) is 9.83. The van der Waals surface area contributed by atoms with Gasteiger partial charge in [0.25, 0.3) is 0 Å². The molecule has 0 N–H and O–H groups in total. The Morgan fingerprint density at radius 2 is 1.02 bits per heavy atom. The summed E-state index contributed by atoms with van der Waals surface area (Å²) >= 11 is 0. The number of allylic oxidation sites excluding steroid dienone is 1. The van der Waals surface area contributed by atoms with Crippen LogP contribution in [0.25, 0.3) is 0 Å². The molecule has 1 aromatic heterocycles. The van der Waals surface area contributed by atoms with Crippen LogP contribution in [-0.2, 0) is 23.2 Å². The molecule has 3 nitrogen and oxygen atoms in total. The quantitative estimate of drug-likeness (QED) is 0.222. The summed E-state index contributed by atoms with van der Waals surface area (Å²) in [5.41, 5.74) is 12.1. The number of pyridine rings is 1. The Bertz CT molecular complexity index is 1330. The number of benzene rings is 2. The molecule has 42 heavy (non-hydrogen) atoms. The first-order chi connectivity index (χ1) is 18.4. The SMILES string of the molecule is C=CCc1cc(C(C)C)c(/N=C(/C)c2cccc(/C(C)=N/c3c(C(C)C)cccc3C(C)C)n2)c(C(C)C)c1.[Br-].[Br-].[Co+2]. The van der Waals surface area contributed by atoms with Crippen molar-refractivity contribution in [2.75, 3.05) is 0 Å².